The lowest BCUT2D eigenvalue weighted by molar-refractivity contribution is 0.0697. The molecule has 1 N–H and O–H groups in total. The molecular formula is C29H22ClNO4. The summed E-state index contributed by atoms with van der Waals surface area (Å²) in [6, 6.07) is 26.0. The number of hydrogen-bond acceptors (Lipinski definition) is 4. The Kier molecular flexibility index (Phi) is 7.35. The van der Waals surface area contributed by atoms with Crippen molar-refractivity contribution in [1.29, 1.82) is 5.26 Å². The highest BCUT2D eigenvalue weighted by atomic mass is 35.5. The van der Waals surface area contributed by atoms with Gasteiger partial charge in [-0.2, -0.15) is 5.26 Å². The van der Waals surface area contributed by atoms with E-state index >= 15 is 0 Å². The van der Waals surface area contributed by atoms with Crippen molar-refractivity contribution in [3.63, 3.8) is 0 Å². The molecule has 0 spiro atoms. The number of hydrogen-bond donors (Lipinski definition) is 1. The fourth-order valence-corrected chi connectivity index (χ4v) is 4.06. The SMILES string of the molecule is CCOc1cc(/C=C(/C#N)c2ccc(C(=O)O)cc2)cc(Cl)c1OCc1cccc2ccccc12. The van der Waals surface area contributed by atoms with Crippen molar-refractivity contribution in [3.05, 3.63) is 106 Å². The van der Waals surface area contributed by atoms with E-state index in [-0.39, 0.29) is 5.56 Å². The number of halogens is 1. The summed E-state index contributed by atoms with van der Waals surface area (Å²) in [5.41, 5.74) is 2.81. The molecule has 0 fully saturated rings. The zero-order valence-electron chi connectivity index (χ0n) is 19.0. The first-order chi connectivity index (χ1) is 17.0. The van der Waals surface area contributed by atoms with Gasteiger partial charge >= 0.3 is 5.97 Å². The maximum atomic E-state index is 11.1. The monoisotopic (exact) mass is 483 g/mol. The lowest BCUT2D eigenvalue weighted by Gasteiger charge is -2.15. The number of carboxylic acids is 1. The quantitative estimate of drug-likeness (QED) is 0.211. The number of nitriles is 1. The summed E-state index contributed by atoms with van der Waals surface area (Å²) >= 11 is 6.60. The van der Waals surface area contributed by atoms with Crippen molar-refractivity contribution in [2.24, 2.45) is 0 Å². The van der Waals surface area contributed by atoms with E-state index in [1.807, 2.05) is 31.2 Å². The van der Waals surface area contributed by atoms with E-state index in [0.717, 1.165) is 16.3 Å². The van der Waals surface area contributed by atoms with E-state index in [0.29, 0.717) is 46.4 Å². The third kappa shape index (κ3) is 5.46. The lowest BCUT2D eigenvalue weighted by atomic mass is 10.0. The predicted molar refractivity (Wildman–Crippen MR) is 138 cm³/mol. The average Bonchev–Trinajstić information content (AvgIpc) is 2.87. The number of allylic oxidation sites excluding steroid dienone is 1. The van der Waals surface area contributed by atoms with Gasteiger partial charge in [-0.1, -0.05) is 66.2 Å². The Morgan fingerprint density at radius 2 is 1.71 bits per heavy atom. The lowest BCUT2D eigenvalue weighted by Crippen LogP contribution is -2.01. The van der Waals surface area contributed by atoms with Crippen LogP contribution in [0, 0.1) is 11.3 Å². The van der Waals surface area contributed by atoms with Gasteiger partial charge in [0.1, 0.15) is 6.61 Å². The van der Waals surface area contributed by atoms with Gasteiger partial charge in [0.15, 0.2) is 11.5 Å². The van der Waals surface area contributed by atoms with Gasteiger partial charge in [-0.15, -0.1) is 0 Å². The second kappa shape index (κ2) is 10.8. The number of carboxylic acid groups (broad SMARTS) is 1. The standard InChI is InChI=1S/C29H22ClNO4/c1-2-34-27-16-19(14-24(17-31)20-10-12-22(13-11-20)29(32)33)15-26(30)28(27)35-18-23-8-5-7-21-6-3-4-9-25(21)23/h3-16H,2,18H2,1H3,(H,32,33)/b24-14-. The third-order valence-corrected chi connectivity index (χ3v) is 5.74. The molecule has 5 nitrogen and oxygen atoms in total. The van der Waals surface area contributed by atoms with Crippen LogP contribution in [0.5, 0.6) is 11.5 Å². The summed E-state index contributed by atoms with van der Waals surface area (Å²) < 4.78 is 11.9. The largest absolute Gasteiger partial charge is 0.490 e. The van der Waals surface area contributed by atoms with Crippen LogP contribution in [0.2, 0.25) is 5.02 Å². The molecule has 0 heterocycles. The Hall–Kier alpha value is -4.27. The first-order valence-corrected chi connectivity index (χ1v) is 11.4. The highest BCUT2D eigenvalue weighted by Gasteiger charge is 2.14. The molecular weight excluding hydrogens is 462 g/mol. The maximum Gasteiger partial charge on any atom is 0.335 e. The van der Waals surface area contributed by atoms with Crippen LogP contribution in [0.1, 0.15) is 34.0 Å². The topological polar surface area (TPSA) is 79.5 Å². The Morgan fingerprint density at radius 3 is 2.43 bits per heavy atom. The van der Waals surface area contributed by atoms with Crippen LogP contribution in [0.15, 0.2) is 78.9 Å². The van der Waals surface area contributed by atoms with Gasteiger partial charge < -0.3 is 14.6 Å². The number of nitrogens with zero attached hydrogens (tertiary/aromatic N) is 1. The molecule has 0 aromatic heterocycles. The second-order valence-electron chi connectivity index (χ2n) is 7.74. The smallest absolute Gasteiger partial charge is 0.335 e. The number of rotatable bonds is 8. The number of carbonyl (C=O) groups is 1. The molecule has 0 amide bonds. The van der Waals surface area contributed by atoms with Gasteiger partial charge in [0.05, 0.1) is 28.8 Å². The highest BCUT2D eigenvalue weighted by Crippen LogP contribution is 2.38. The molecule has 4 aromatic carbocycles. The molecule has 0 saturated heterocycles. The van der Waals surface area contributed by atoms with Crippen LogP contribution in [0.3, 0.4) is 0 Å². The summed E-state index contributed by atoms with van der Waals surface area (Å²) in [6.45, 7) is 2.60. The van der Waals surface area contributed by atoms with Gasteiger partial charge in [-0.05, 0) is 64.7 Å². The normalized spacial score (nSPS) is 11.2. The molecule has 35 heavy (non-hydrogen) atoms. The van der Waals surface area contributed by atoms with E-state index in [4.69, 9.17) is 26.2 Å². The molecule has 4 aromatic rings. The molecule has 0 saturated carbocycles. The van der Waals surface area contributed by atoms with Crippen molar-refractivity contribution in [2.75, 3.05) is 6.61 Å². The molecule has 0 aliphatic heterocycles. The zero-order valence-corrected chi connectivity index (χ0v) is 19.8. The van der Waals surface area contributed by atoms with E-state index in [1.54, 1.807) is 30.3 Å². The van der Waals surface area contributed by atoms with Crippen LogP contribution in [0.25, 0.3) is 22.4 Å². The summed E-state index contributed by atoms with van der Waals surface area (Å²) in [5.74, 6) is -0.112. The van der Waals surface area contributed by atoms with E-state index < -0.39 is 5.97 Å². The second-order valence-corrected chi connectivity index (χ2v) is 8.15. The number of benzene rings is 4. The molecule has 0 bridgehead atoms. The first kappa shape index (κ1) is 23.9. The van der Waals surface area contributed by atoms with Gasteiger partial charge in [-0.3, -0.25) is 0 Å². The molecule has 0 unspecified atom stereocenters. The Morgan fingerprint density at radius 1 is 1.00 bits per heavy atom. The van der Waals surface area contributed by atoms with Gasteiger partial charge in [0, 0.05) is 0 Å². The van der Waals surface area contributed by atoms with Crippen molar-refractivity contribution < 1.29 is 19.4 Å². The van der Waals surface area contributed by atoms with Crippen molar-refractivity contribution in [3.8, 4) is 17.6 Å². The molecule has 0 atom stereocenters. The first-order valence-electron chi connectivity index (χ1n) is 11.0. The fraction of sp³-hybridized carbons (Fsp3) is 0.103. The van der Waals surface area contributed by atoms with Crippen LogP contribution in [-0.4, -0.2) is 17.7 Å². The fourth-order valence-electron chi connectivity index (χ4n) is 3.78. The predicted octanol–water partition coefficient (Wildman–Crippen LogP) is 7.23. The number of aromatic carboxylic acids is 1. The van der Waals surface area contributed by atoms with Gasteiger partial charge in [0.2, 0.25) is 0 Å². The van der Waals surface area contributed by atoms with Crippen molar-refractivity contribution in [2.45, 2.75) is 13.5 Å². The van der Waals surface area contributed by atoms with E-state index in [2.05, 4.69) is 24.3 Å². The van der Waals surface area contributed by atoms with E-state index in [1.165, 1.54) is 12.1 Å². The van der Waals surface area contributed by atoms with Crippen LogP contribution in [-0.2, 0) is 6.61 Å². The van der Waals surface area contributed by atoms with E-state index in [9.17, 15) is 10.1 Å². The molecule has 4 rings (SSSR count). The summed E-state index contributed by atoms with van der Waals surface area (Å²) in [4.78, 5) is 11.1. The summed E-state index contributed by atoms with van der Waals surface area (Å²) in [7, 11) is 0. The van der Waals surface area contributed by atoms with Crippen LogP contribution >= 0.6 is 11.6 Å². The zero-order chi connectivity index (χ0) is 24.8. The van der Waals surface area contributed by atoms with Gasteiger partial charge in [0.25, 0.3) is 0 Å². The molecule has 0 radical (unpaired) electrons. The van der Waals surface area contributed by atoms with Crippen LogP contribution in [0.4, 0.5) is 0 Å². The Balaban J connectivity index is 1.64. The number of fused-ring (bicyclic) bond motifs is 1. The summed E-state index contributed by atoms with van der Waals surface area (Å²) in [5, 5.41) is 21.4. The average molecular weight is 484 g/mol. The molecule has 0 aliphatic rings. The number of ether oxygens (including phenoxy) is 2. The minimum Gasteiger partial charge on any atom is -0.490 e. The minimum atomic E-state index is -1.02. The van der Waals surface area contributed by atoms with Crippen molar-refractivity contribution >= 4 is 40.0 Å². The molecule has 6 heteroatoms. The van der Waals surface area contributed by atoms with Crippen LogP contribution < -0.4 is 9.47 Å². The minimum absolute atomic E-state index is 0.153. The Labute approximate surface area is 208 Å². The Bertz CT molecular complexity index is 1450. The maximum absolute atomic E-state index is 11.1. The highest BCUT2D eigenvalue weighted by molar-refractivity contribution is 6.32. The molecule has 0 aliphatic carbocycles. The summed E-state index contributed by atoms with van der Waals surface area (Å²) in [6.07, 6.45) is 1.68. The van der Waals surface area contributed by atoms with Gasteiger partial charge in [-0.25, -0.2) is 4.79 Å². The van der Waals surface area contributed by atoms with Crippen molar-refractivity contribution in [1.82, 2.24) is 0 Å². The third-order valence-electron chi connectivity index (χ3n) is 5.46. The molecule has 174 valence electrons.